The largest absolute Gasteiger partial charge is 0.324 e. The fourth-order valence-corrected chi connectivity index (χ4v) is 3.24. The average Bonchev–Trinajstić information content (AvgIpc) is 3.47. The van der Waals surface area contributed by atoms with Crippen molar-refractivity contribution in [2.75, 3.05) is 10.2 Å². The monoisotopic (exact) mass is 543 g/mol. The maximum Gasteiger partial charge on any atom is 0.247 e. The van der Waals surface area contributed by atoms with Gasteiger partial charge in [0.15, 0.2) is 5.82 Å². The van der Waals surface area contributed by atoms with Gasteiger partial charge in [-0.25, -0.2) is 9.97 Å². The molecule has 0 unspecified atom stereocenters. The van der Waals surface area contributed by atoms with Gasteiger partial charge in [0.2, 0.25) is 5.95 Å². The average molecular weight is 544 g/mol. The fraction of sp³-hybridized carbons (Fsp3) is 0.0909. The van der Waals surface area contributed by atoms with Crippen LogP contribution in [0.25, 0.3) is 28.0 Å². The smallest absolute Gasteiger partial charge is 0.247 e. The van der Waals surface area contributed by atoms with Crippen molar-refractivity contribution in [1.29, 1.82) is 0 Å². The molecular weight excluding hydrogens is 525 g/mol. The van der Waals surface area contributed by atoms with Gasteiger partial charge < -0.3 is 9.88 Å². The van der Waals surface area contributed by atoms with Crippen molar-refractivity contribution in [3.8, 4) is 17.1 Å². The predicted octanol–water partition coefficient (Wildman–Crippen LogP) is 5.96. The van der Waals surface area contributed by atoms with E-state index in [1.807, 2.05) is 83.4 Å². The van der Waals surface area contributed by atoms with Crippen molar-refractivity contribution in [1.82, 2.24) is 29.7 Å². The van der Waals surface area contributed by atoms with Gasteiger partial charge in [-0.1, -0.05) is 34.2 Å². The quantitative estimate of drug-likeness (QED) is 0.216. The Morgan fingerprint density at radius 3 is 2.39 bits per heavy atom. The molecule has 3 heterocycles. The Morgan fingerprint density at radius 2 is 1.71 bits per heavy atom. The minimum atomic E-state index is 0.457. The van der Waals surface area contributed by atoms with Gasteiger partial charge in [0.25, 0.3) is 0 Å². The van der Waals surface area contributed by atoms with Crippen molar-refractivity contribution in [3.63, 3.8) is 0 Å². The SMILES string of the molecule is CI.Cc1nc(Nc2nc(-c3ccc(Cl)cc3)nc3cc(-n4cccc4)ccc23)n[nH]1. The highest BCUT2D eigenvalue weighted by molar-refractivity contribution is 14.1. The van der Waals surface area contributed by atoms with Crippen molar-refractivity contribution in [2.45, 2.75) is 6.92 Å². The zero-order valence-electron chi connectivity index (χ0n) is 16.8. The molecule has 31 heavy (non-hydrogen) atoms. The Morgan fingerprint density at radius 1 is 0.968 bits per heavy atom. The number of aryl methyl sites for hydroxylation is 1. The number of nitrogens with zero attached hydrogens (tertiary/aromatic N) is 5. The topological polar surface area (TPSA) is 84.3 Å². The van der Waals surface area contributed by atoms with E-state index in [9.17, 15) is 0 Å². The molecule has 0 saturated carbocycles. The third-order valence-electron chi connectivity index (χ3n) is 4.51. The summed E-state index contributed by atoms with van der Waals surface area (Å²) in [5, 5.41) is 11.7. The van der Waals surface area contributed by atoms with Crippen LogP contribution in [0.3, 0.4) is 0 Å². The number of anilines is 2. The number of alkyl halides is 1. The zero-order chi connectivity index (χ0) is 21.8. The Balaban J connectivity index is 0.00000112. The van der Waals surface area contributed by atoms with Gasteiger partial charge >= 0.3 is 0 Å². The number of fused-ring (bicyclic) bond motifs is 1. The van der Waals surface area contributed by atoms with Crippen LogP contribution in [0, 0.1) is 6.92 Å². The second kappa shape index (κ2) is 9.44. The third kappa shape index (κ3) is 4.70. The van der Waals surface area contributed by atoms with Gasteiger partial charge in [-0.15, -0.1) is 5.10 Å². The minimum Gasteiger partial charge on any atom is -0.324 e. The van der Waals surface area contributed by atoms with Crippen LogP contribution in [0.2, 0.25) is 5.02 Å². The lowest BCUT2D eigenvalue weighted by atomic mass is 10.1. The van der Waals surface area contributed by atoms with Gasteiger partial charge in [-0.3, -0.25) is 5.10 Å². The van der Waals surface area contributed by atoms with Crippen LogP contribution in [0.15, 0.2) is 67.0 Å². The number of halogens is 2. The van der Waals surface area contributed by atoms with Crippen molar-refractivity contribution < 1.29 is 0 Å². The van der Waals surface area contributed by atoms with Crippen LogP contribution in [-0.4, -0.2) is 34.6 Å². The number of aromatic nitrogens is 6. The minimum absolute atomic E-state index is 0.457. The molecule has 0 aliphatic rings. The summed E-state index contributed by atoms with van der Waals surface area (Å²) in [7, 11) is 0. The normalized spacial score (nSPS) is 10.6. The molecular formula is C22H19ClIN7. The van der Waals surface area contributed by atoms with E-state index in [-0.39, 0.29) is 0 Å². The van der Waals surface area contributed by atoms with Crippen LogP contribution in [-0.2, 0) is 0 Å². The summed E-state index contributed by atoms with van der Waals surface area (Å²) in [5.74, 6) is 2.41. The lowest BCUT2D eigenvalue weighted by Gasteiger charge is -2.11. The molecule has 0 spiro atoms. The number of benzene rings is 2. The molecule has 156 valence electrons. The van der Waals surface area contributed by atoms with Gasteiger partial charge in [0.05, 0.1) is 5.52 Å². The highest BCUT2D eigenvalue weighted by atomic mass is 127. The van der Waals surface area contributed by atoms with E-state index >= 15 is 0 Å². The van der Waals surface area contributed by atoms with Crippen LogP contribution < -0.4 is 5.32 Å². The number of aromatic amines is 1. The van der Waals surface area contributed by atoms with E-state index < -0.39 is 0 Å². The lowest BCUT2D eigenvalue weighted by Crippen LogP contribution is -2.01. The summed E-state index contributed by atoms with van der Waals surface area (Å²) < 4.78 is 2.04. The first-order valence-electron chi connectivity index (χ1n) is 9.41. The summed E-state index contributed by atoms with van der Waals surface area (Å²) in [4.78, 5) is 15.8. The van der Waals surface area contributed by atoms with E-state index in [4.69, 9.17) is 21.6 Å². The fourth-order valence-electron chi connectivity index (χ4n) is 3.11. The maximum atomic E-state index is 6.04. The molecule has 9 heteroatoms. The standard InChI is InChI=1S/C21H16ClN7.CH3I/c1-13-23-21(28-27-13)26-20-17-9-8-16(29-10-2-3-11-29)12-18(17)24-19(25-20)14-4-6-15(22)7-5-14;1-2/h2-12H,1H3,(H2,23,24,25,26,27,28);1H3. The molecule has 0 atom stereocenters. The van der Waals surface area contributed by atoms with Gasteiger partial charge in [0, 0.05) is 34.1 Å². The van der Waals surface area contributed by atoms with Crippen molar-refractivity contribution >= 4 is 56.9 Å². The second-order valence-corrected chi connectivity index (χ2v) is 7.00. The van der Waals surface area contributed by atoms with Crippen LogP contribution in [0.1, 0.15) is 5.82 Å². The molecule has 0 radical (unpaired) electrons. The first kappa shape index (κ1) is 21.3. The van der Waals surface area contributed by atoms with E-state index in [1.165, 1.54) is 0 Å². The molecule has 2 N–H and O–H groups in total. The lowest BCUT2D eigenvalue weighted by molar-refractivity contribution is 1.04. The molecule has 0 saturated heterocycles. The van der Waals surface area contributed by atoms with E-state index in [1.54, 1.807) is 0 Å². The van der Waals surface area contributed by atoms with Crippen molar-refractivity contribution in [2.24, 2.45) is 0 Å². The highest BCUT2D eigenvalue weighted by Gasteiger charge is 2.13. The molecule has 0 fully saturated rings. The highest BCUT2D eigenvalue weighted by Crippen LogP contribution is 2.28. The molecule has 0 aliphatic carbocycles. The van der Waals surface area contributed by atoms with Crippen molar-refractivity contribution in [3.05, 3.63) is 77.8 Å². The summed E-state index contributed by atoms with van der Waals surface area (Å²) in [6, 6.07) is 17.5. The molecule has 0 bridgehead atoms. The molecule has 0 aliphatic heterocycles. The molecule has 7 nitrogen and oxygen atoms in total. The Labute approximate surface area is 198 Å². The second-order valence-electron chi connectivity index (χ2n) is 6.56. The molecule has 0 amide bonds. The number of nitrogens with one attached hydrogen (secondary N) is 2. The molecule has 5 aromatic rings. The summed E-state index contributed by atoms with van der Waals surface area (Å²) >= 11 is 8.19. The van der Waals surface area contributed by atoms with Gasteiger partial charge in [0.1, 0.15) is 11.6 Å². The molecule has 5 rings (SSSR count). The van der Waals surface area contributed by atoms with E-state index in [0.29, 0.717) is 22.6 Å². The first-order chi connectivity index (χ1) is 15.2. The van der Waals surface area contributed by atoms with Crippen LogP contribution in [0.5, 0.6) is 0 Å². The summed E-state index contributed by atoms with van der Waals surface area (Å²) in [5.41, 5.74) is 2.70. The maximum absolute atomic E-state index is 6.04. The van der Waals surface area contributed by atoms with E-state index in [0.717, 1.165) is 28.0 Å². The first-order valence-corrected chi connectivity index (χ1v) is 11.9. The van der Waals surface area contributed by atoms with Crippen LogP contribution in [0.4, 0.5) is 11.8 Å². The molecule has 3 aromatic heterocycles. The van der Waals surface area contributed by atoms with E-state index in [2.05, 4.69) is 43.1 Å². The summed E-state index contributed by atoms with van der Waals surface area (Å²) in [6.07, 6.45) is 4.00. The van der Waals surface area contributed by atoms with Gasteiger partial charge in [-0.05, 0) is 66.5 Å². The Kier molecular flexibility index (Phi) is 6.47. The van der Waals surface area contributed by atoms with Crippen LogP contribution >= 0.6 is 34.2 Å². The predicted molar refractivity (Wildman–Crippen MR) is 134 cm³/mol. The Bertz CT molecular complexity index is 1300. The third-order valence-corrected chi connectivity index (χ3v) is 4.76. The number of H-pyrrole nitrogens is 1. The zero-order valence-corrected chi connectivity index (χ0v) is 19.8. The number of hydrogen-bond donors (Lipinski definition) is 2. The Hall–Kier alpha value is -2.98. The number of rotatable bonds is 4. The van der Waals surface area contributed by atoms with Gasteiger partial charge in [-0.2, -0.15) is 4.98 Å². The molecule has 2 aromatic carbocycles. The summed E-state index contributed by atoms with van der Waals surface area (Å²) in [6.45, 7) is 1.85. The number of hydrogen-bond acceptors (Lipinski definition) is 5.